The fourth-order valence-electron chi connectivity index (χ4n) is 3.26. The third-order valence-corrected chi connectivity index (χ3v) is 4.91. The molecule has 0 saturated carbocycles. The van der Waals surface area contributed by atoms with Crippen molar-refractivity contribution >= 4 is 28.3 Å². The van der Waals surface area contributed by atoms with Crippen LogP contribution in [0.1, 0.15) is 11.1 Å². The summed E-state index contributed by atoms with van der Waals surface area (Å²) >= 11 is 6.07. The van der Waals surface area contributed by atoms with Crippen LogP contribution in [-0.4, -0.2) is 21.6 Å². The van der Waals surface area contributed by atoms with E-state index in [2.05, 4.69) is 27.9 Å². The molecule has 0 saturated heterocycles. The Morgan fingerprint density at radius 3 is 2.71 bits per heavy atom. The highest BCUT2D eigenvalue weighted by Gasteiger charge is 2.07. The van der Waals surface area contributed by atoms with Gasteiger partial charge in [0.25, 0.3) is 0 Å². The van der Waals surface area contributed by atoms with Crippen molar-refractivity contribution in [2.45, 2.75) is 6.42 Å². The third-order valence-electron chi connectivity index (χ3n) is 4.71. The number of halogens is 1. The molecular formula is C23H20ClN3O. The van der Waals surface area contributed by atoms with Crippen molar-refractivity contribution < 1.29 is 5.11 Å². The van der Waals surface area contributed by atoms with Gasteiger partial charge in [0.2, 0.25) is 0 Å². The summed E-state index contributed by atoms with van der Waals surface area (Å²) in [6.45, 7) is 4.92. The topological polar surface area (TPSA) is 60.9 Å². The van der Waals surface area contributed by atoms with Crippen LogP contribution in [0.5, 0.6) is 5.75 Å². The van der Waals surface area contributed by atoms with E-state index in [4.69, 9.17) is 11.6 Å². The molecule has 5 heteroatoms. The quantitative estimate of drug-likeness (QED) is 0.414. The molecule has 140 valence electrons. The first-order valence-electron chi connectivity index (χ1n) is 9.04. The number of hydrogen-bond acceptors (Lipinski definition) is 3. The van der Waals surface area contributed by atoms with Gasteiger partial charge in [-0.05, 0) is 52.9 Å². The predicted octanol–water partition coefficient (Wildman–Crippen LogP) is 5.39. The average molecular weight is 390 g/mol. The number of aromatic hydroxyl groups is 1. The minimum Gasteiger partial charge on any atom is -0.508 e. The number of phenolic OH excluding ortho intramolecular Hbond substituents is 1. The average Bonchev–Trinajstić information content (AvgIpc) is 3.10. The van der Waals surface area contributed by atoms with Gasteiger partial charge in [-0.1, -0.05) is 48.5 Å². The minimum absolute atomic E-state index is 0.258. The lowest BCUT2D eigenvalue weighted by atomic mass is 10.0. The molecule has 0 amide bonds. The number of hydrogen-bond donors (Lipinski definition) is 3. The number of nitrogens with zero attached hydrogens (tertiary/aromatic N) is 1. The van der Waals surface area contributed by atoms with Gasteiger partial charge in [0.15, 0.2) is 0 Å². The summed E-state index contributed by atoms with van der Waals surface area (Å²) in [5.41, 5.74) is 5.89. The van der Waals surface area contributed by atoms with Crippen LogP contribution in [0.15, 0.2) is 73.6 Å². The zero-order valence-electron chi connectivity index (χ0n) is 15.2. The van der Waals surface area contributed by atoms with E-state index in [-0.39, 0.29) is 5.75 Å². The Morgan fingerprint density at radius 1 is 1.11 bits per heavy atom. The second-order valence-electron chi connectivity index (χ2n) is 6.65. The molecule has 0 aliphatic heterocycles. The smallest absolute Gasteiger partial charge is 0.137 e. The van der Waals surface area contributed by atoms with Crippen LogP contribution >= 0.6 is 11.6 Å². The molecule has 4 rings (SSSR count). The van der Waals surface area contributed by atoms with Crippen molar-refractivity contribution in [2.24, 2.45) is 0 Å². The highest BCUT2D eigenvalue weighted by atomic mass is 35.5. The Hall–Kier alpha value is -3.24. The molecule has 0 unspecified atom stereocenters. The molecule has 0 spiro atoms. The van der Waals surface area contributed by atoms with E-state index in [1.54, 1.807) is 18.3 Å². The van der Waals surface area contributed by atoms with Crippen LogP contribution in [0.2, 0.25) is 5.02 Å². The molecule has 0 bridgehead atoms. The Labute approximate surface area is 168 Å². The number of rotatable bonds is 6. The highest BCUT2D eigenvalue weighted by molar-refractivity contribution is 6.31. The summed E-state index contributed by atoms with van der Waals surface area (Å²) in [7, 11) is 0. The maximum atomic E-state index is 9.71. The molecule has 28 heavy (non-hydrogen) atoms. The van der Waals surface area contributed by atoms with Crippen molar-refractivity contribution in [1.82, 2.24) is 15.3 Å². The van der Waals surface area contributed by atoms with Crippen molar-refractivity contribution in [2.75, 3.05) is 6.54 Å². The van der Waals surface area contributed by atoms with Crippen molar-refractivity contribution in [3.63, 3.8) is 0 Å². The van der Waals surface area contributed by atoms with Crippen LogP contribution < -0.4 is 5.32 Å². The predicted molar refractivity (Wildman–Crippen MR) is 115 cm³/mol. The summed E-state index contributed by atoms with van der Waals surface area (Å²) < 4.78 is 0. The maximum Gasteiger partial charge on any atom is 0.137 e. The van der Waals surface area contributed by atoms with Crippen molar-refractivity contribution in [1.29, 1.82) is 0 Å². The molecular weight excluding hydrogens is 370 g/mol. The summed E-state index contributed by atoms with van der Waals surface area (Å²) in [4.78, 5) is 7.47. The number of fused-ring (bicyclic) bond motifs is 1. The molecule has 2 aromatic heterocycles. The number of nitrogens with one attached hydrogen (secondary N) is 2. The van der Waals surface area contributed by atoms with Gasteiger partial charge >= 0.3 is 0 Å². The zero-order valence-corrected chi connectivity index (χ0v) is 16.0. The Bertz CT molecular complexity index is 1150. The molecule has 0 fully saturated rings. The second kappa shape index (κ2) is 7.79. The van der Waals surface area contributed by atoms with Gasteiger partial charge in [-0.25, -0.2) is 4.98 Å². The van der Waals surface area contributed by atoms with E-state index in [1.807, 2.05) is 42.6 Å². The van der Waals surface area contributed by atoms with Gasteiger partial charge in [-0.2, -0.15) is 0 Å². The SMILES string of the molecule is C=C(NCCc1c[nH]c2ncc(Cl)cc12)c1cccc(-c2cccc(O)c2)c1. The Balaban J connectivity index is 1.44. The number of pyridine rings is 1. The molecule has 4 nitrogen and oxygen atoms in total. The van der Waals surface area contributed by atoms with E-state index < -0.39 is 0 Å². The number of benzene rings is 2. The largest absolute Gasteiger partial charge is 0.508 e. The van der Waals surface area contributed by atoms with Gasteiger partial charge < -0.3 is 15.4 Å². The second-order valence-corrected chi connectivity index (χ2v) is 7.09. The summed E-state index contributed by atoms with van der Waals surface area (Å²) in [5, 5.41) is 14.8. The Morgan fingerprint density at radius 2 is 1.89 bits per heavy atom. The van der Waals surface area contributed by atoms with Crippen LogP contribution in [0, 0.1) is 0 Å². The molecule has 0 atom stereocenters. The molecule has 0 aliphatic rings. The highest BCUT2D eigenvalue weighted by Crippen LogP contribution is 2.25. The number of aromatic nitrogens is 2. The third kappa shape index (κ3) is 3.87. The van der Waals surface area contributed by atoms with Gasteiger partial charge in [0, 0.05) is 30.0 Å². The normalized spacial score (nSPS) is 10.9. The fourth-order valence-corrected chi connectivity index (χ4v) is 3.42. The van der Waals surface area contributed by atoms with E-state index in [9.17, 15) is 5.11 Å². The van der Waals surface area contributed by atoms with Crippen LogP contribution in [0.25, 0.3) is 27.9 Å². The van der Waals surface area contributed by atoms with Gasteiger partial charge in [-0.15, -0.1) is 0 Å². The molecule has 4 aromatic rings. The fraction of sp³-hybridized carbons (Fsp3) is 0.0870. The Kier molecular flexibility index (Phi) is 5.04. The summed E-state index contributed by atoms with van der Waals surface area (Å²) in [5.74, 6) is 0.258. The molecule has 0 aliphatic carbocycles. The first-order valence-corrected chi connectivity index (χ1v) is 9.42. The van der Waals surface area contributed by atoms with E-state index in [0.29, 0.717) is 5.02 Å². The van der Waals surface area contributed by atoms with Gasteiger partial charge in [0.05, 0.1) is 5.02 Å². The van der Waals surface area contributed by atoms with E-state index in [1.165, 1.54) is 5.56 Å². The van der Waals surface area contributed by atoms with Crippen LogP contribution in [0.4, 0.5) is 0 Å². The number of H-pyrrole nitrogens is 1. The van der Waals surface area contributed by atoms with Gasteiger partial charge in [-0.3, -0.25) is 0 Å². The minimum atomic E-state index is 0.258. The van der Waals surface area contributed by atoms with Crippen molar-refractivity contribution in [3.8, 4) is 16.9 Å². The summed E-state index contributed by atoms with van der Waals surface area (Å²) in [6, 6.07) is 17.3. The lowest BCUT2D eigenvalue weighted by Gasteiger charge is -2.11. The zero-order chi connectivity index (χ0) is 19.5. The molecule has 2 aromatic carbocycles. The van der Waals surface area contributed by atoms with E-state index in [0.717, 1.165) is 46.4 Å². The molecule has 0 radical (unpaired) electrons. The molecule has 3 N–H and O–H groups in total. The maximum absolute atomic E-state index is 9.71. The van der Waals surface area contributed by atoms with Crippen LogP contribution in [0.3, 0.4) is 0 Å². The standard InChI is InChI=1S/C23H20ClN3O/c1-15(16-4-2-5-17(10-16)18-6-3-7-21(28)11-18)25-9-8-19-13-26-23-22(19)12-20(24)14-27-23/h2-7,10-14,25,28H,1,8-9H2,(H,26,27). The van der Waals surface area contributed by atoms with Crippen molar-refractivity contribution in [3.05, 3.63) is 89.7 Å². The number of phenols is 1. The lowest BCUT2D eigenvalue weighted by molar-refractivity contribution is 0.475. The van der Waals surface area contributed by atoms with Crippen LogP contribution in [-0.2, 0) is 6.42 Å². The molecule has 2 heterocycles. The first-order chi connectivity index (χ1) is 13.6. The van der Waals surface area contributed by atoms with Gasteiger partial charge in [0.1, 0.15) is 11.4 Å². The number of aromatic amines is 1. The summed E-state index contributed by atoms with van der Waals surface area (Å²) in [6.07, 6.45) is 4.44. The van der Waals surface area contributed by atoms with E-state index >= 15 is 0 Å². The lowest BCUT2D eigenvalue weighted by Crippen LogP contribution is -2.15. The first kappa shape index (κ1) is 18.1. The monoisotopic (exact) mass is 389 g/mol.